The fourth-order valence-electron chi connectivity index (χ4n) is 0.869. The average Bonchev–Trinajstić information content (AvgIpc) is 2.58. The molecule has 0 aliphatic rings. The van der Waals surface area contributed by atoms with Crippen molar-refractivity contribution in [2.45, 2.75) is 6.61 Å². The second-order valence-corrected chi connectivity index (χ2v) is 2.32. The molecule has 1 rings (SSSR count). The highest BCUT2D eigenvalue weighted by atomic mass is 16.7. The molecule has 1 heterocycles. The molecule has 0 saturated heterocycles. The Bertz CT molecular complexity index is 378. The Balaban J connectivity index is 3.03. The lowest BCUT2D eigenvalue weighted by molar-refractivity contribution is -0.433. The first kappa shape index (κ1) is 10.6. The van der Waals surface area contributed by atoms with E-state index in [9.17, 15) is 25.0 Å². The standard InChI is InChI=1S/C6H4N2O7/c9-3-14-2-4-1-5(7(10)11)6(15-4)8(12)13/h1,3H,2H2. The van der Waals surface area contributed by atoms with E-state index in [0.717, 1.165) is 6.07 Å². The van der Waals surface area contributed by atoms with Gasteiger partial charge in [-0.05, 0) is 0 Å². The molecule has 0 fully saturated rings. The number of carbonyl (C=O) groups is 1. The highest BCUT2D eigenvalue weighted by molar-refractivity contribution is 5.46. The van der Waals surface area contributed by atoms with Gasteiger partial charge in [-0.25, -0.2) is 0 Å². The van der Waals surface area contributed by atoms with Gasteiger partial charge in [0.15, 0.2) is 5.76 Å². The number of nitrogens with zero attached hydrogens (tertiary/aromatic N) is 2. The number of hydrogen-bond acceptors (Lipinski definition) is 7. The Labute approximate surface area is 81.5 Å². The Kier molecular flexibility index (Phi) is 2.96. The minimum atomic E-state index is -1.03. The quantitative estimate of drug-likeness (QED) is 0.404. The van der Waals surface area contributed by atoms with Crippen molar-refractivity contribution >= 4 is 18.0 Å². The third-order valence-corrected chi connectivity index (χ3v) is 1.40. The van der Waals surface area contributed by atoms with Gasteiger partial charge in [-0.15, -0.1) is 0 Å². The average molecular weight is 216 g/mol. The molecular formula is C6H4N2O7. The number of hydrogen-bond donors (Lipinski definition) is 0. The van der Waals surface area contributed by atoms with E-state index in [1.165, 1.54) is 0 Å². The lowest BCUT2D eigenvalue weighted by atomic mass is 10.4. The van der Waals surface area contributed by atoms with E-state index in [4.69, 9.17) is 0 Å². The van der Waals surface area contributed by atoms with Crippen LogP contribution in [0.15, 0.2) is 10.5 Å². The zero-order valence-corrected chi connectivity index (χ0v) is 7.11. The number of furan rings is 1. The van der Waals surface area contributed by atoms with E-state index in [1.807, 2.05) is 0 Å². The minimum Gasteiger partial charge on any atom is -0.460 e. The molecule has 0 unspecified atom stereocenters. The van der Waals surface area contributed by atoms with E-state index in [0.29, 0.717) is 0 Å². The van der Waals surface area contributed by atoms with Gasteiger partial charge >= 0.3 is 11.6 Å². The van der Waals surface area contributed by atoms with Crippen molar-refractivity contribution in [1.82, 2.24) is 0 Å². The summed E-state index contributed by atoms with van der Waals surface area (Å²) in [6.45, 7) is -0.293. The molecule has 9 nitrogen and oxygen atoms in total. The van der Waals surface area contributed by atoms with E-state index in [2.05, 4.69) is 9.15 Å². The monoisotopic (exact) mass is 216 g/mol. The lowest BCUT2D eigenvalue weighted by Gasteiger charge is -1.89. The van der Waals surface area contributed by atoms with Gasteiger partial charge in [0, 0.05) is 0 Å². The second-order valence-electron chi connectivity index (χ2n) is 2.32. The number of rotatable bonds is 5. The van der Waals surface area contributed by atoms with Gasteiger partial charge in [0.25, 0.3) is 6.47 Å². The highest BCUT2D eigenvalue weighted by Crippen LogP contribution is 2.30. The molecule has 1 aromatic heterocycles. The number of nitro groups is 2. The van der Waals surface area contributed by atoms with Gasteiger partial charge in [0.05, 0.1) is 11.0 Å². The van der Waals surface area contributed by atoms with Crippen LogP contribution in [0.5, 0.6) is 0 Å². The molecule has 0 amide bonds. The van der Waals surface area contributed by atoms with Crippen LogP contribution in [0.1, 0.15) is 5.76 Å². The maximum absolute atomic E-state index is 10.3. The molecule has 0 aromatic carbocycles. The second kappa shape index (κ2) is 4.17. The van der Waals surface area contributed by atoms with Crippen LogP contribution in [0.3, 0.4) is 0 Å². The van der Waals surface area contributed by atoms with Crippen molar-refractivity contribution in [3.8, 4) is 0 Å². The SMILES string of the molecule is O=COCc1cc([N+](=O)[O-])c([N+](=O)[O-])o1. The molecule has 9 heteroatoms. The third-order valence-electron chi connectivity index (χ3n) is 1.40. The fourth-order valence-corrected chi connectivity index (χ4v) is 0.869. The molecule has 0 spiro atoms. The fraction of sp³-hybridized carbons (Fsp3) is 0.167. The summed E-state index contributed by atoms with van der Waals surface area (Å²) >= 11 is 0. The van der Waals surface area contributed by atoms with Gasteiger partial charge in [0.1, 0.15) is 11.5 Å². The summed E-state index contributed by atoms with van der Waals surface area (Å²) in [4.78, 5) is 28.5. The first-order valence-electron chi connectivity index (χ1n) is 3.53. The summed E-state index contributed by atoms with van der Waals surface area (Å²) in [7, 11) is 0. The molecule has 0 atom stereocenters. The van der Waals surface area contributed by atoms with Gasteiger partial charge < -0.3 is 9.15 Å². The zero-order valence-electron chi connectivity index (χ0n) is 7.11. The Hall–Kier alpha value is -2.45. The van der Waals surface area contributed by atoms with Crippen LogP contribution in [0.2, 0.25) is 0 Å². The highest BCUT2D eigenvalue weighted by Gasteiger charge is 2.31. The van der Waals surface area contributed by atoms with Gasteiger partial charge in [0.2, 0.25) is 0 Å². The van der Waals surface area contributed by atoms with Crippen LogP contribution in [0, 0.1) is 20.2 Å². The summed E-state index contributed by atoms with van der Waals surface area (Å²) in [6, 6.07) is 0.835. The van der Waals surface area contributed by atoms with Gasteiger partial charge in [-0.1, -0.05) is 0 Å². The summed E-state index contributed by atoms with van der Waals surface area (Å²) < 4.78 is 8.74. The smallest absolute Gasteiger partial charge is 0.460 e. The largest absolute Gasteiger partial charge is 0.512 e. The van der Waals surface area contributed by atoms with E-state index >= 15 is 0 Å². The predicted molar refractivity (Wildman–Crippen MR) is 42.9 cm³/mol. The Morgan fingerprint density at radius 1 is 1.40 bits per heavy atom. The van der Waals surface area contributed by atoms with Crippen LogP contribution in [0.4, 0.5) is 11.6 Å². The summed E-state index contributed by atoms with van der Waals surface area (Å²) in [5.41, 5.74) is -0.774. The summed E-state index contributed by atoms with van der Waals surface area (Å²) in [5.74, 6) is -1.15. The van der Waals surface area contributed by atoms with Crippen molar-refractivity contribution < 1.29 is 23.8 Å². The molecule has 1 aromatic rings. The lowest BCUT2D eigenvalue weighted by Crippen LogP contribution is -1.91. The van der Waals surface area contributed by atoms with Crippen LogP contribution in [-0.4, -0.2) is 16.3 Å². The normalized spacial score (nSPS) is 9.60. The van der Waals surface area contributed by atoms with E-state index < -0.39 is 28.0 Å². The topological polar surface area (TPSA) is 126 Å². The molecule has 0 aliphatic carbocycles. The van der Waals surface area contributed by atoms with Crippen LogP contribution in [-0.2, 0) is 16.1 Å². The van der Waals surface area contributed by atoms with Crippen molar-refractivity contribution in [3.05, 3.63) is 32.1 Å². The van der Waals surface area contributed by atoms with Crippen molar-refractivity contribution in [2.24, 2.45) is 0 Å². The van der Waals surface area contributed by atoms with Gasteiger partial charge in [-0.3, -0.25) is 25.0 Å². The first-order chi connectivity index (χ1) is 7.06. The number of carbonyl (C=O) groups excluding carboxylic acids is 1. The molecule has 0 aliphatic heterocycles. The molecule has 15 heavy (non-hydrogen) atoms. The van der Waals surface area contributed by atoms with Crippen LogP contribution >= 0.6 is 0 Å². The zero-order chi connectivity index (χ0) is 11.4. The predicted octanol–water partition coefficient (Wildman–Crippen LogP) is 0.769. The Morgan fingerprint density at radius 3 is 2.47 bits per heavy atom. The van der Waals surface area contributed by atoms with Crippen molar-refractivity contribution in [2.75, 3.05) is 0 Å². The maximum atomic E-state index is 10.3. The van der Waals surface area contributed by atoms with E-state index in [1.54, 1.807) is 0 Å². The molecule has 0 saturated carbocycles. The van der Waals surface area contributed by atoms with Crippen LogP contribution < -0.4 is 0 Å². The third kappa shape index (κ3) is 2.27. The molecule has 0 radical (unpaired) electrons. The molecule has 0 bridgehead atoms. The Morgan fingerprint density at radius 2 is 2.07 bits per heavy atom. The van der Waals surface area contributed by atoms with E-state index in [-0.39, 0.29) is 12.2 Å². The van der Waals surface area contributed by atoms with Crippen LogP contribution in [0.25, 0.3) is 0 Å². The summed E-state index contributed by atoms with van der Waals surface area (Å²) in [5, 5.41) is 20.7. The maximum Gasteiger partial charge on any atom is 0.512 e. The van der Waals surface area contributed by atoms with Crippen molar-refractivity contribution in [1.29, 1.82) is 0 Å². The first-order valence-corrected chi connectivity index (χ1v) is 3.53. The molecule has 80 valence electrons. The minimum absolute atomic E-state index is 0.0974. The van der Waals surface area contributed by atoms with Gasteiger partial charge in [-0.2, -0.15) is 0 Å². The number of ether oxygens (including phenoxy) is 1. The summed E-state index contributed by atoms with van der Waals surface area (Å²) in [6.07, 6.45) is 0. The molecular weight excluding hydrogens is 212 g/mol. The van der Waals surface area contributed by atoms with Crippen molar-refractivity contribution in [3.63, 3.8) is 0 Å². The molecule has 0 N–H and O–H groups in total.